The van der Waals surface area contributed by atoms with Crippen molar-refractivity contribution in [1.82, 2.24) is 9.88 Å². The number of morpholine rings is 1. The van der Waals surface area contributed by atoms with E-state index < -0.39 is 0 Å². The van der Waals surface area contributed by atoms with Gasteiger partial charge < -0.3 is 4.74 Å². The summed E-state index contributed by atoms with van der Waals surface area (Å²) in [5.41, 5.74) is 2.57. The van der Waals surface area contributed by atoms with Crippen LogP contribution >= 0.6 is 23.4 Å². The van der Waals surface area contributed by atoms with E-state index in [1.165, 1.54) is 11.1 Å². The van der Waals surface area contributed by atoms with Gasteiger partial charge in [0, 0.05) is 25.8 Å². The van der Waals surface area contributed by atoms with Crippen LogP contribution in [0.1, 0.15) is 16.4 Å². The Kier molecular flexibility index (Phi) is 6.65. The van der Waals surface area contributed by atoms with Gasteiger partial charge in [0.25, 0.3) is 0 Å². The van der Waals surface area contributed by atoms with E-state index in [0.29, 0.717) is 5.02 Å². The maximum absolute atomic E-state index is 6.40. The minimum absolute atomic E-state index is 0.0722. The highest BCUT2D eigenvalue weighted by Gasteiger charge is 2.31. The summed E-state index contributed by atoms with van der Waals surface area (Å²) in [7, 11) is 0. The Morgan fingerprint density at radius 3 is 2.54 bits per heavy atom. The van der Waals surface area contributed by atoms with Gasteiger partial charge >= 0.3 is 0 Å². The summed E-state index contributed by atoms with van der Waals surface area (Å²) >= 11 is 8.08. The zero-order chi connectivity index (χ0) is 19.2. The Balaban J connectivity index is 1.54. The van der Waals surface area contributed by atoms with E-state index in [1.54, 1.807) is 18.0 Å². The van der Waals surface area contributed by atoms with Gasteiger partial charge in [-0.2, -0.15) is 0 Å². The second kappa shape index (κ2) is 9.57. The number of hydrogen-bond acceptors (Lipinski definition) is 4. The summed E-state index contributed by atoms with van der Waals surface area (Å²) in [5, 5.41) is 1.67. The molecule has 5 heteroatoms. The predicted molar refractivity (Wildman–Crippen MR) is 116 cm³/mol. The van der Waals surface area contributed by atoms with Gasteiger partial charge in [0.15, 0.2) is 0 Å². The zero-order valence-electron chi connectivity index (χ0n) is 15.6. The van der Waals surface area contributed by atoms with Crippen LogP contribution in [0.3, 0.4) is 0 Å². The molecule has 0 aliphatic carbocycles. The van der Waals surface area contributed by atoms with Crippen LogP contribution in [0.4, 0.5) is 0 Å². The molecule has 0 unspecified atom stereocenters. The largest absolute Gasteiger partial charge is 0.374 e. The number of benzene rings is 2. The number of rotatable bonds is 6. The molecule has 3 aromatic rings. The summed E-state index contributed by atoms with van der Waals surface area (Å²) in [4.78, 5) is 6.96. The molecular weight excluding hydrogens is 388 g/mol. The van der Waals surface area contributed by atoms with Gasteiger partial charge in [-0.15, -0.1) is 0 Å². The van der Waals surface area contributed by atoms with Crippen molar-refractivity contribution in [2.45, 2.75) is 22.9 Å². The molecule has 1 aromatic heterocycles. The number of hydrogen-bond donors (Lipinski definition) is 0. The minimum Gasteiger partial charge on any atom is -0.374 e. The number of aromatic nitrogens is 1. The van der Waals surface area contributed by atoms with Gasteiger partial charge in [-0.05, 0) is 23.3 Å². The summed E-state index contributed by atoms with van der Waals surface area (Å²) in [6, 6.07) is 24.9. The molecule has 0 N–H and O–H groups in total. The fraction of sp³-hybridized carbons (Fsp3) is 0.261. The second-order valence-corrected chi connectivity index (χ2v) is 8.41. The van der Waals surface area contributed by atoms with Crippen molar-refractivity contribution in [3.8, 4) is 0 Å². The lowest BCUT2D eigenvalue weighted by Gasteiger charge is -2.37. The fourth-order valence-corrected chi connectivity index (χ4v) is 4.89. The third-order valence-corrected chi connectivity index (χ3v) is 6.65. The summed E-state index contributed by atoms with van der Waals surface area (Å²) in [6.45, 7) is 3.50. The van der Waals surface area contributed by atoms with Crippen LogP contribution in [0.5, 0.6) is 0 Å². The molecular formula is C23H23ClN2OS. The molecule has 1 aliphatic heterocycles. The molecule has 3 nitrogen and oxygen atoms in total. The maximum atomic E-state index is 6.40. The first-order valence-corrected chi connectivity index (χ1v) is 10.8. The third kappa shape index (κ3) is 4.95. The fourth-order valence-electron chi connectivity index (χ4n) is 3.48. The molecule has 144 valence electrons. The topological polar surface area (TPSA) is 25.4 Å². The highest BCUT2D eigenvalue weighted by atomic mass is 35.5. The van der Waals surface area contributed by atoms with Crippen LogP contribution in [0, 0.1) is 0 Å². The van der Waals surface area contributed by atoms with Gasteiger partial charge in [0.05, 0.1) is 23.0 Å². The first-order valence-electron chi connectivity index (χ1n) is 9.49. The standard InChI is InChI=1S/C23H23ClN2OS/c24-20-12-7-13-25-23(20)28-22(19-10-5-2-6-11-19)21-17-26(14-15-27-21)16-18-8-3-1-4-9-18/h1-13,21-22H,14-17H2/t21-,22-/m0/s1. The molecule has 2 aromatic carbocycles. The molecule has 4 rings (SSSR count). The molecule has 28 heavy (non-hydrogen) atoms. The molecule has 0 amide bonds. The third-order valence-electron chi connectivity index (χ3n) is 4.86. The Labute approximate surface area is 175 Å². The SMILES string of the molecule is Clc1cccnc1S[C@@H](c1ccccc1)[C@@H]1CN(Cc2ccccc2)CCO1. The van der Waals surface area contributed by atoms with Crippen molar-refractivity contribution in [2.24, 2.45) is 0 Å². The number of ether oxygens (including phenoxy) is 1. The number of halogens is 1. The van der Waals surface area contributed by atoms with Crippen molar-refractivity contribution in [1.29, 1.82) is 0 Å². The lowest BCUT2D eigenvalue weighted by Crippen LogP contribution is -2.44. The van der Waals surface area contributed by atoms with Crippen LogP contribution in [-0.2, 0) is 11.3 Å². The van der Waals surface area contributed by atoms with Crippen LogP contribution in [-0.4, -0.2) is 35.7 Å². The molecule has 0 spiro atoms. The van der Waals surface area contributed by atoms with Crippen LogP contribution < -0.4 is 0 Å². The van der Waals surface area contributed by atoms with E-state index in [9.17, 15) is 0 Å². The van der Waals surface area contributed by atoms with Crippen LogP contribution in [0.25, 0.3) is 0 Å². The Morgan fingerprint density at radius 2 is 1.79 bits per heavy atom. The van der Waals surface area contributed by atoms with E-state index in [4.69, 9.17) is 16.3 Å². The van der Waals surface area contributed by atoms with Crippen molar-refractivity contribution >= 4 is 23.4 Å². The molecule has 1 fully saturated rings. The number of pyridine rings is 1. The lowest BCUT2D eigenvalue weighted by atomic mass is 10.1. The number of nitrogens with zero attached hydrogens (tertiary/aromatic N) is 2. The highest BCUT2D eigenvalue weighted by Crippen LogP contribution is 2.41. The normalized spacial score (nSPS) is 18.7. The Hall–Kier alpha value is -1.85. The Morgan fingerprint density at radius 1 is 1.04 bits per heavy atom. The molecule has 0 radical (unpaired) electrons. The van der Waals surface area contributed by atoms with E-state index in [1.807, 2.05) is 18.2 Å². The van der Waals surface area contributed by atoms with Crippen LogP contribution in [0.2, 0.25) is 5.02 Å². The summed E-state index contributed by atoms with van der Waals surface area (Å²) in [5.74, 6) is 0. The van der Waals surface area contributed by atoms with Gasteiger partial charge in [0.1, 0.15) is 5.03 Å². The van der Waals surface area contributed by atoms with E-state index in [2.05, 4.69) is 64.5 Å². The summed E-state index contributed by atoms with van der Waals surface area (Å²) in [6.07, 6.45) is 1.86. The second-order valence-electron chi connectivity index (χ2n) is 6.87. The Bertz CT molecular complexity index is 878. The lowest BCUT2D eigenvalue weighted by molar-refractivity contribution is -0.0320. The van der Waals surface area contributed by atoms with E-state index in [0.717, 1.165) is 31.3 Å². The average Bonchev–Trinajstić information content (AvgIpc) is 2.75. The van der Waals surface area contributed by atoms with Crippen LogP contribution in [0.15, 0.2) is 84.0 Å². The molecule has 0 bridgehead atoms. The van der Waals surface area contributed by atoms with Crippen molar-refractivity contribution in [3.05, 3.63) is 95.1 Å². The molecule has 1 saturated heterocycles. The van der Waals surface area contributed by atoms with Gasteiger partial charge in [-0.1, -0.05) is 84.0 Å². The van der Waals surface area contributed by atoms with E-state index in [-0.39, 0.29) is 11.4 Å². The zero-order valence-corrected chi connectivity index (χ0v) is 17.1. The van der Waals surface area contributed by atoms with Crippen molar-refractivity contribution in [3.63, 3.8) is 0 Å². The first-order chi connectivity index (χ1) is 13.8. The molecule has 2 atom stereocenters. The monoisotopic (exact) mass is 410 g/mol. The quantitative estimate of drug-likeness (QED) is 0.503. The van der Waals surface area contributed by atoms with Gasteiger partial charge in [0.2, 0.25) is 0 Å². The van der Waals surface area contributed by atoms with Crippen molar-refractivity contribution in [2.75, 3.05) is 19.7 Å². The van der Waals surface area contributed by atoms with Gasteiger partial charge in [-0.3, -0.25) is 4.90 Å². The smallest absolute Gasteiger partial charge is 0.115 e. The van der Waals surface area contributed by atoms with Gasteiger partial charge in [-0.25, -0.2) is 4.98 Å². The first kappa shape index (κ1) is 19.5. The minimum atomic E-state index is 0.0722. The molecule has 2 heterocycles. The predicted octanol–water partition coefficient (Wildman–Crippen LogP) is 5.47. The van der Waals surface area contributed by atoms with Crippen molar-refractivity contribution < 1.29 is 4.74 Å². The molecule has 0 saturated carbocycles. The molecule has 1 aliphatic rings. The maximum Gasteiger partial charge on any atom is 0.115 e. The van der Waals surface area contributed by atoms with E-state index >= 15 is 0 Å². The highest BCUT2D eigenvalue weighted by molar-refractivity contribution is 7.99. The average molecular weight is 411 g/mol. The number of thioether (sulfide) groups is 1. The summed E-state index contributed by atoms with van der Waals surface area (Å²) < 4.78 is 6.24.